The normalized spacial score (nSPS) is 22.1. The van der Waals surface area contributed by atoms with E-state index in [0.29, 0.717) is 0 Å². The van der Waals surface area contributed by atoms with Crippen LogP contribution >= 0.6 is 0 Å². The van der Waals surface area contributed by atoms with E-state index in [9.17, 15) is 0 Å². The first kappa shape index (κ1) is 13.3. The van der Waals surface area contributed by atoms with E-state index in [2.05, 4.69) is 30.4 Å². The van der Waals surface area contributed by atoms with E-state index in [1.807, 2.05) is 12.1 Å². The second-order valence-corrected chi connectivity index (χ2v) is 5.56. The maximum absolute atomic E-state index is 5.74. The average Bonchev–Trinajstić information content (AvgIpc) is 2.93. The summed E-state index contributed by atoms with van der Waals surface area (Å²) in [6.07, 6.45) is 2.34. The minimum atomic E-state index is 0.00259. The number of hydrogen-bond acceptors (Lipinski definition) is 3. The largest absolute Gasteiger partial charge is 0.496 e. The van der Waals surface area contributed by atoms with Crippen molar-refractivity contribution in [1.82, 2.24) is 5.32 Å². The van der Waals surface area contributed by atoms with Crippen molar-refractivity contribution >= 4 is 10.8 Å². The molecule has 3 heteroatoms. The minimum Gasteiger partial charge on any atom is -0.496 e. The fourth-order valence-corrected chi connectivity index (χ4v) is 3.26. The van der Waals surface area contributed by atoms with Crippen LogP contribution in [-0.4, -0.2) is 20.8 Å². The molecule has 1 aliphatic rings. The Hall–Kier alpha value is -1.74. The van der Waals surface area contributed by atoms with Crippen LogP contribution in [0, 0.1) is 0 Å². The van der Waals surface area contributed by atoms with Crippen LogP contribution in [0.4, 0.5) is 0 Å². The number of rotatable bonds is 3. The zero-order valence-corrected chi connectivity index (χ0v) is 12.3. The lowest BCUT2D eigenvalue weighted by Crippen LogP contribution is -2.33. The molecule has 0 aliphatic carbocycles. The van der Waals surface area contributed by atoms with Crippen molar-refractivity contribution in [2.45, 2.75) is 25.3 Å². The van der Waals surface area contributed by atoms with Gasteiger partial charge >= 0.3 is 0 Å². The van der Waals surface area contributed by atoms with E-state index >= 15 is 0 Å². The molecule has 1 aliphatic heterocycles. The molecule has 1 N–H and O–H groups in total. The Kier molecular flexibility index (Phi) is 3.30. The highest BCUT2D eigenvalue weighted by molar-refractivity contribution is 5.94. The lowest BCUT2D eigenvalue weighted by atomic mass is 9.88. The Bertz CT molecular complexity index is 630. The molecule has 0 saturated carbocycles. The van der Waals surface area contributed by atoms with Gasteiger partial charge in [-0.25, -0.2) is 0 Å². The second kappa shape index (κ2) is 4.98. The summed E-state index contributed by atoms with van der Waals surface area (Å²) in [7, 11) is 3.45. The second-order valence-electron chi connectivity index (χ2n) is 5.56. The molecular formula is C17H21NO2. The number of methoxy groups -OCH3 is 2. The summed E-state index contributed by atoms with van der Waals surface area (Å²) in [5.74, 6) is 1.84. The monoisotopic (exact) mass is 271 g/mol. The Morgan fingerprint density at radius 3 is 2.55 bits per heavy atom. The Morgan fingerprint density at radius 2 is 1.90 bits per heavy atom. The quantitative estimate of drug-likeness (QED) is 0.927. The van der Waals surface area contributed by atoms with Gasteiger partial charge in [-0.05, 0) is 32.4 Å². The van der Waals surface area contributed by atoms with E-state index in [-0.39, 0.29) is 5.54 Å². The maximum Gasteiger partial charge on any atom is 0.131 e. The van der Waals surface area contributed by atoms with Gasteiger partial charge in [-0.3, -0.25) is 0 Å². The van der Waals surface area contributed by atoms with Crippen molar-refractivity contribution in [3.05, 3.63) is 35.9 Å². The topological polar surface area (TPSA) is 30.5 Å². The fourth-order valence-electron chi connectivity index (χ4n) is 3.26. The predicted molar refractivity (Wildman–Crippen MR) is 81.6 cm³/mol. The minimum absolute atomic E-state index is 0.00259. The van der Waals surface area contributed by atoms with Gasteiger partial charge in [0.2, 0.25) is 0 Å². The third-order valence-corrected chi connectivity index (χ3v) is 4.36. The summed E-state index contributed by atoms with van der Waals surface area (Å²) < 4.78 is 11.2. The van der Waals surface area contributed by atoms with Gasteiger partial charge in [0.25, 0.3) is 0 Å². The van der Waals surface area contributed by atoms with Crippen molar-refractivity contribution in [1.29, 1.82) is 0 Å². The van der Waals surface area contributed by atoms with Crippen molar-refractivity contribution < 1.29 is 9.47 Å². The number of hydrogen-bond donors (Lipinski definition) is 1. The van der Waals surface area contributed by atoms with E-state index in [4.69, 9.17) is 9.47 Å². The van der Waals surface area contributed by atoms with Crippen LogP contribution < -0.4 is 14.8 Å². The first-order valence-electron chi connectivity index (χ1n) is 7.09. The van der Waals surface area contributed by atoms with Crippen molar-refractivity contribution in [3.63, 3.8) is 0 Å². The molecule has 3 nitrogen and oxygen atoms in total. The van der Waals surface area contributed by atoms with Crippen LogP contribution in [0.1, 0.15) is 25.3 Å². The van der Waals surface area contributed by atoms with Crippen LogP contribution in [0.15, 0.2) is 30.3 Å². The molecule has 1 unspecified atom stereocenters. The lowest BCUT2D eigenvalue weighted by molar-refractivity contribution is 0.374. The molecule has 1 saturated heterocycles. The summed E-state index contributed by atoms with van der Waals surface area (Å²) in [6.45, 7) is 3.32. The number of fused-ring (bicyclic) bond motifs is 1. The fraction of sp³-hybridized carbons (Fsp3) is 0.412. The molecular weight excluding hydrogens is 250 g/mol. The van der Waals surface area contributed by atoms with Gasteiger partial charge in [0.15, 0.2) is 0 Å². The molecule has 0 amide bonds. The van der Waals surface area contributed by atoms with Crippen molar-refractivity contribution in [3.8, 4) is 11.5 Å². The van der Waals surface area contributed by atoms with Crippen LogP contribution in [0.3, 0.4) is 0 Å². The zero-order valence-electron chi connectivity index (χ0n) is 12.3. The van der Waals surface area contributed by atoms with Gasteiger partial charge in [-0.15, -0.1) is 0 Å². The highest BCUT2D eigenvalue weighted by Crippen LogP contribution is 2.42. The zero-order chi connectivity index (χ0) is 14.2. The maximum atomic E-state index is 5.74. The van der Waals surface area contributed by atoms with Gasteiger partial charge in [0.1, 0.15) is 11.5 Å². The predicted octanol–water partition coefficient (Wildman–Crippen LogP) is 3.46. The summed E-state index contributed by atoms with van der Waals surface area (Å²) in [5.41, 5.74) is 1.24. The lowest BCUT2D eigenvalue weighted by Gasteiger charge is -2.28. The SMILES string of the molecule is COc1cccc2c(OC)c(C3(C)CCCN3)ccc12. The molecule has 0 spiro atoms. The van der Waals surface area contributed by atoms with Crippen LogP contribution in [-0.2, 0) is 5.54 Å². The van der Waals surface area contributed by atoms with Crippen LogP contribution in [0.5, 0.6) is 11.5 Å². The third kappa shape index (κ3) is 1.93. The molecule has 2 aromatic rings. The Morgan fingerprint density at radius 1 is 1.05 bits per heavy atom. The Balaban J connectivity index is 2.25. The van der Waals surface area contributed by atoms with Gasteiger partial charge in [-0.1, -0.05) is 24.3 Å². The van der Waals surface area contributed by atoms with Gasteiger partial charge in [0, 0.05) is 21.9 Å². The molecule has 0 radical (unpaired) electrons. The molecule has 0 bridgehead atoms. The van der Waals surface area contributed by atoms with E-state index < -0.39 is 0 Å². The molecule has 106 valence electrons. The first-order valence-corrected chi connectivity index (χ1v) is 7.09. The molecule has 1 heterocycles. The molecule has 0 aromatic heterocycles. The van der Waals surface area contributed by atoms with E-state index in [1.165, 1.54) is 12.0 Å². The third-order valence-electron chi connectivity index (χ3n) is 4.36. The Labute approximate surface area is 119 Å². The summed E-state index contributed by atoms with van der Waals surface area (Å²) in [5, 5.41) is 5.81. The number of nitrogens with one attached hydrogen (secondary N) is 1. The summed E-state index contributed by atoms with van der Waals surface area (Å²) in [4.78, 5) is 0. The van der Waals surface area contributed by atoms with Gasteiger partial charge < -0.3 is 14.8 Å². The highest BCUT2D eigenvalue weighted by atomic mass is 16.5. The average molecular weight is 271 g/mol. The van der Waals surface area contributed by atoms with Gasteiger partial charge in [0.05, 0.1) is 14.2 Å². The van der Waals surface area contributed by atoms with E-state index in [0.717, 1.165) is 35.2 Å². The van der Waals surface area contributed by atoms with Crippen LogP contribution in [0.2, 0.25) is 0 Å². The summed E-state index contributed by atoms with van der Waals surface area (Å²) >= 11 is 0. The van der Waals surface area contributed by atoms with Crippen molar-refractivity contribution in [2.75, 3.05) is 20.8 Å². The van der Waals surface area contributed by atoms with E-state index in [1.54, 1.807) is 14.2 Å². The number of ether oxygens (including phenoxy) is 2. The van der Waals surface area contributed by atoms with Gasteiger partial charge in [-0.2, -0.15) is 0 Å². The molecule has 3 rings (SSSR count). The smallest absolute Gasteiger partial charge is 0.131 e. The van der Waals surface area contributed by atoms with Crippen molar-refractivity contribution in [2.24, 2.45) is 0 Å². The molecule has 2 aromatic carbocycles. The van der Waals surface area contributed by atoms with Crippen LogP contribution in [0.25, 0.3) is 10.8 Å². The number of benzene rings is 2. The highest BCUT2D eigenvalue weighted by Gasteiger charge is 2.33. The molecule has 1 fully saturated rings. The molecule has 20 heavy (non-hydrogen) atoms. The summed E-state index contributed by atoms with van der Waals surface area (Å²) in [6, 6.07) is 10.4. The standard InChI is InChI=1S/C17H21NO2/c1-17(10-5-11-18-17)14-9-8-12-13(16(14)20-3)6-4-7-15(12)19-2/h4,6-9,18H,5,10-11H2,1-3H3. The molecule has 1 atom stereocenters. The first-order chi connectivity index (χ1) is 9.69.